The van der Waals surface area contributed by atoms with Crippen LogP contribution in [0.3, 0.4) is 0 Å². The van der Waals surface area contributed by atoms with Gasteiger partial charge in [-0.2, -0.15) is 0 Å². The van der Waals surface area contributed by atoms with Gasteiger partial charge in [-0.1, -0.05) is 29.8 Å². The van der Waals surface area contributed by atoms with Crippen molar-refractivity contribution in [1.82, 2.24) is 0 Å². The summed E-state index contributed by atoms with van der Waals surface area (Å²) in [5, 5.41) is 5.03. The molecule has 0 radical (unpaired) electrons. The molecule has 0 bridgehead atoms. The number of carbonyl (C=O) groups is 2. The van der Waals surface area contributed by atoms with Crippen LogP contribution < -0.4 is 10.0 Å². The molecule has 0 heterocycles. The van der Waals surface area contributed by atoms with E-state index in [2.05, 4.69) is 0 Å². The van der Waals surface area contributed by atoms with Gasteiger partial charge in [0.25, 0.3) is 5.91 Å². The smallest absolute Gasteiger partial charge is 0.340 e. The van der Waals surface area contributed by atoms with E-state index in [0.29, 0.717) is 5.69 Å². The number of rotatable bonds is 5. The molecule has 2 N–H and O–H groups in total. The Labute approximate surface area is 156 Å². The quantitative estimate of drug-likeness (QED) is 0.779. The fourth-order valence-electron chi connectivity index (χ4n) is 2.16. The minimum Gasteiger partial charge on any atom is -0.449 e. The minimum atomic E-state index is -4.01. The number of para-hydroxylation sites is 1. The molecule has 0 saturated carbocycles. The zero-order valence-corrected chi connectivity index (χ0v) is 15.6. The lowest BCUT2D eigenvalue weighted by atomic mass is 10.2. The molecule has 2 rings (SSSR count). The van der Waals surface area contributed by atoms with Crippen LogP contribution in [0.5, 0.6) is 0 Å². The van der Waals surface area contributed by atoms with Crippen LogP contribution in [-0.4, -0.2) is 33.4 Å². The number of likely N-dealkylation sites (N-methyl/N-ethyl adjacent to an activating group) is 1. The third-order valence-electron chi connectivity index (χ3n) is 3.59. The van der Waals surface area contributed by atoms with Gasteiger partial charge >= 0.3 is 5.97 Å². The van der Waals surface area contributed by atoms with Crippen LogP contribution >= 0.6 is 11.6 Å². The number of esters is 1. The van der Waals surface area contributed by atoms with Crippen LogP contribution in [0, 0.1) is 0 Å². The van der Waals surface area contributed by atoms with E-state index in [1.165, 1.54) is 24.0 Å². The number of ether oxygens (including phenoxy) is 1. The van der Waals surface area contributed by atoms with Gasteiger partial charge in [-0.3, -0.25) is 4.79 Å². The summed E-state index contributed by atoms with van der Waals surface area (Å²) in [5.74, 6) is -1.38. The van der Waals surface area contributed by atoms with Crippen molar-refractivity contribution in [2.75, 3.05) is 11.9 Å². The predicted octanol–water partition coefficient (Wildman–Crippen LogP) is 2.20. The van der Waals surface area contributed by atoms with E-state index >= 15 is 0 Å². The van der Waals surface area contributed by atoms with E-state index in [-0.39, 0.29) is 15.5 Å². The van der Waals surface area contributed by atoms with E-state index in [0.717, 1.165) is 6.07 Å². The van der Waals surface area contributed by atoms with Crippen molar-refractivity contribution in [3.05, 3.63) is 59.1 Å². The molecule has 9 heteroatoms. The SMILES string of the molecule is C[C@@H](OC(=O)c1cc(S(N)(=O)=O)ccc1Cl)C(=O)N(C)c1ccccc1. The second kappa shape index (κ2) is 7.86. The minimum absolute atomic E-state index is 0.0153. The van der Waals surface area contributed by atoms with Crippen LogP contribution in [0.4, 0.5) is 5.69 Å². The molecule has 138 valence electrons. The maximum Gasteiger partial charge on any atom is 0.340 e. The van der Waals surface area contributed by atoms with Crippen molar-refractivity contribution in [3.8, 4) is 0 Å². The number of nitrogens with two attached hydrogens (primary N) is 1. The molecular weight excluding hydrogens is 380 g/mol. The molecule has 0 aliphatic rings. The predicted molar refractivity (Wildman–Crippen MR) is 97.6 cm³/mol. The Kier molecular flexibility index (Phi) is 6.01. The lowest BCUT2D eigenvalue weighted by Gasteiger charge is -2.21. The largest absolute Gasteiger partial charge is 0.449 e. The number of halogens is 1. The average molecular weight is 397 g/mol. The first-order valence-electron chi connectivity index (χ1n) is 7.47. The average Bonchev–Trinajstić information content (AvgIpc) is 2.60. The number of primary sulfonamides is 1. The van der Waals surface area contributed by atoms with E-state index < -0.39 is 28.0 Å². The maximum atomic E-state index is 12.4. The van der Waals surface area contributed by atoms with Crippen molar-refractivity contribution >= 4 is 39.2 Å². The Morgan fingerprint density at radius 2 is 1.77 bits per heavy atom. The van der Waals surface area contributed by atoms with Gasteiger partial charge in [-0.05, 0) is 37.3 Å². The number of sulfonamides is 1. The number of hydrogen-bond donors (Lipinski definition) is 1. The van der Waals surface area contributed by atoms with Gasteiger partial charge < -0.3 is 9.64 Å². The Bertz CT molecular complexity index is 931. The van der Waals surface area contributed by atoms with E-state index in [4.69, 9.17) is 21.5 Å². The van der Waals surface area contributed by atoms with Crippen LogP contribution in [-0.2, 0) is 19.6 Å². The van der Waals surface area contributed by atoms with Gasteiger partial charge in [0.15, 0.2) is 6.10 Å². The second-order valence-electron chi connectivity index (χ2n) is 5.47. The van der Waals surface area contributed by atoms with Gasteiger partial charge in [0, 0.05) is 12.7 Å². The fraction of sp³-hybridized carbons (Fsp3) is 0.176. The second-order valence-corrected chi connectivity index (χ2v) is 7.44. The molecule has 0 unspecified atom stereocenters. The van der Waals surface area contributed by atoms with Gasteiger partial charge in [-0.25, -0.2) is 18.4 Å². The molecule has 2 aromatic carbocycles. The number of nitrogens with zero attached hydrogens (tertiary/aromatic N) is 1. The molecule has 0 fully saturated rings. The molecule has 0 aliphatic carbocycles. The highest BCUT2D eigenvalue weighted by molar-refractivity contribution is 7.89. The van der Waals surface area contributed by atoms with E-state index in [1.807, 2.05) is 6.07 Å². The molecule has 1 atom stereocenters. The summed E-state index contributed by atoms with van der Waals surface area (Å²) in [7, 11) is -2.46. The van der Waals surface area contributed by atoms with Crippen molar-refractivity contribution in [3.63, 3.8) is 0 Å². The third-order valence-corrected chi connectivity index (χ3v) is 4.83. The molecular formula is C17H17ClN2O5S. The highest BCUT2D eigenvalue weighted by Gasteiger charge is 2.25. The van der Waals surface area contributed by atoms with Gasteiger partial charge in [0.05, 0.1) is 15.5 Å². The van der Waals surface area contributed by atoms with Crippen molar-refractivity contribution < 1.29 is 22.7 Å². The Balaban J connectivity index is 2.18. The molecule has 1 amide bonds. The summed E-state index contributed by atoms with van der Waals surface area (Å²) >= 11 is 5.93. The van der Waals surface area contributed by atoms with Crippen molar-refractivity contribution in [1.29, 1.82) is 0 Å². The zero-order valence-electron chi connectivity index (χ0n) is 14.0. The topological polar surface area (TPSA) is 107 Å². The third kappa shape index (κ3) is 4.60. The summed E-state index contributed by atoms with van der Waals surface area (Å²) < 4.78 is 28.0. The summed E-state index contributed by atoms with van der Waals surface area (Å²) in [6, 6.07) is 12.2. The first-order valence-corrected chi connectivity index (χ1v) is 9.39. The van der Waals surface area contributed by atoms with Crippen LogP contribution in [0.2, 0.25) is 5.02 Å². The number of hydrogen-bond acceptors (Lipinski definition) is 5. The number of benzene rings is 2. The molecule has 0 aromatic heterocycles. The van der Waals surface area contributed by atoms with Crippen LogP contribution in [0.25, 0.3) is 0 Å². The zero-order chi connectivity index (χ0) is 19.5. The number of amides is 1. The van der Waals surface area contributed by atoms with Gasteiger partial charge in [0.2, 0.25) is 10.0 Å². The number of carbonyl (C=O) groups excluding carboxylic acids is 2. The number of anilines is 1. The first kappa shape index (κ1) is 19.9. The standard InChI is InChI=1S/C17H17ClN2O5S/c1-11(16(21)20(2)12-6-4-3-5-7-12)25-17(22)14-10-13(26(19,23)24)8-9-15(14)18/h3-11H,1-2H3,(H2,19,23,24)/t11-/m1/s1. The lowest BCUT2D eigenvalue weighted by molar-refractivity contribution is -0.126. The fourth-order valence-corrected chi connectivity index (χ4v) is 2.90. The summed E-state index contributed by atoms with van der Waals surface area (Å²) in [4.78, 5) is 25.8. The Morgan fingerprint density at radius 3 is 2.35 bits per heavy atom. The van der Waals surface area contributed by atoms with E-state index in [1.54, 1.807) is 31.3 Å². The van der Waals surface area contributed by atoms with Crippen molar-refractivity contribution in [2.24, 2.45) is 5.14 Å². The summed E-state index contributed by atoms with van der Waals surface area (Å²) in [5.41, 5.74) is 0.440. The first-order chi connectivity index (χ1) is 12.1. The normalized spacial score (nSPS) is 12.3. The molecule has 2 aromatic rings. The summed E-state index contributed by atoms with van der Waals surface area (Å²) in [6.07, 6.45) is -1.11. The molecule has 0 spiro atoms. The highest BCUT2D eigenvalue weighted by Crippen LogP contribution is 2.22. The van der Waals surface area contributed by atoms with Gasteiger partial charge in [-0.15, -0.1) is 0 Å². The van der Waals surface area contributed by atoms with Crippen molar-refractivity contribution in [2.45, 2.75) is 17.9 Å². The van der Waals surface area contributed by atoms with Crippen LogP contribution in [0.1, 0.15) is 17.3 Å². The highest BCUT2D eigenvalue weighted by atomic mass is 35.5. The van der Waals surface area contributed by atoms with Crippen LogP contribution in [0.15, 0.2) is 53.4 Å². The van der Waals surface area contributed by atoms with Gasteiger partial charge in [0.1, 0.15) is 0 Å². The molecule has 7 nitrogen and oxygen atoms in total. The molecule has 26 heavy (non-hydrogen) atoms. The Hall–Kier alpha value is -2.42. The molecule has 0 aliphatic heterocycles. The Morgan fingerprint density at radius 1 is 1.15 bits per heavy atom. The monoisotopic (exact) mass is 396 g/mol. The molecule has 0 saturated heterocycles. The lowest BCUT2D eigenvalue weighted by Crippen LogP contribution is -2.37. The van der Waals surface area contributed by atoms with E-state index in [9.17, 15) is 18.0 Å². The summed E-state index contributed by atoms with van der Waals surface area (Å²) in [6.45, 7) is 1.41. The maximum absolute atomic E-state index is 12.4.